The average molecular weight is 359 g/mol. The van der Waals surface area contributed by atoms with Crippen LogP contribution in [0, 0.1) is 0 Å². The van der Waals surface area contributed by atoms with Crippen molar-refractivity contribution in [3.63, 3.8) is 0 Å². The van der Waals surface area contributed by atoms with E-state index in [4.69, 9.17) is 5.73 Å². The van der Waals surface area contributed by atoms with Gasteiger partial charge in [-0.05, 0) is 0 Å². The SMILES string of the molecule is C[I-]N(c1ccccc1)C1(C)CCCCC1(C)N. The van der Waals surface area contributed by atoms with Crippen molar-refractivity contribution in [2.75, 3.05) is 8.04 Å². The van der Waals surface area contributed by atoms with Gasteiger partial charge < -0.3 is 0 Å². The molecule has 1 saturated carbocycles. The number of anilines is 1. The molecule has 2 atom stereocenters. The molecule has 1 fully saturated rings. The monoisotopic (exact) mass is 359 g/mol. The van der Waals surface area contributed by atoms with E-state index in [0.717, 1.165) is 6.42 Å². The minimum absolute atomic E-state index is 0.0181. The van der Waals surface area contributed by atoms with E-state index in [2.05, 4.69) is 52.2 Å². The number of benzene rings is 1. The molecule has 0 spiro atoms. The Morgan fingerprint density at radius 2 is 1.72 bits per heavy atom. The average Bonchev–Trinajstić information content (AvgIpc) is 2.35. The van der Waals surface area contributed by atoms with Crippen molar-refractivity contribution in [2.24, 2.45) is 5.73 Å². The summed E-state index contributed by atoms with van der Waals surface area (Å²) in [4.78, 5) is 2.34. The van der Waals surface area contributed by atoms with Gasteiger partial charge >= 0.3 is 122 Å². The fourth-order valence-corrected chi connectivity index (χ4v) is 5.70. The van der Waals surface area contributed by atoms with Crippen LogP contribution in [0.15, 0.2) is 30.3 Å². The first-order valence-electron chi connectivity index (χ1n) is 6.65. The van der Waals surface area contributed by atoms with Crippen LogP contribution < -0.4 is 30.3 Å². The van der Waals surface area contributed by atoms with Crippen molar-refractivity contribution in [2.45, 2.75) is 50.6 Å². The number of hydrogen-bond acceptors (Lipinski definition) is 2. The predicted molar refractivity (Wildman–Crippen MR) is 74.3 cm³/mol. The second-order valence-corrected chi connectivity index (χ2v) is 7.61. The van der Waals surface area contributed by atoms with E-state index < -0.39 is 0 Å². The summed E-state index contributed by atoms with van der Waals surface area (Å²) in [7, 11) is 0. The van der Waals surface area contributed by atoms with E-state index in [1.807, 2.05) is 0 Å². The molecule has 1 aliphatic rings. The molecule has 0 amide bonds. The standard InChI is InChI=1S/C15H24IN2/c1-14(17)11-7-8-12-15(14,2)18(16-3)13-9-5-4-6-10-13/h4-6,9-10H,7-8,11-12,17H2,1-3H3/q-1. The van der Waals surface area contributed by atoms with Crippen LogP contribution in [0.3, 0.4) is 0 Å². The summed E-state index contributed by atoms with van der Waals surface area (Å²) in [6.45, 7) is 4.60. The summed E-state index contributed by atoms with van der Waals surface area (Å²) in [5, 5.41) is 0. The van der Waals surface area contributed by atoms with Gasteiger partial charge in [0.25, 0.3) is 0 Å². The van der Waals surface area contributed by atoms with Gasteiger partial charge in [0.15, 0.2) is 0 Å². The van der Waals surface area contributed by atoms with E-state index in [0.29, 0.717) is 0 Å². The topological polar surface area (TPSA) is 29.3 Å². The molecule has 0 aromatic heterocycles. The molecule has 0 heterocycles. The third kappa shape index (κ3) is 2.39. The normalized spacial score (nSPS) is 32.4. The van der Waals surface area contributed by atoms with Crippen LogP contribution in [0.2, 0.25) is 0 Å². The molecular weight excluding hydrogens is 335 g/mol. The van der Waals surface area contributed by atoms with Crippen molar-refractivity contribution >= 4 is 5.69 Å². The number of rotatable bonds is 3. The zero-order valence-corrected chi connectivity index (χ0v) is 13.8. The zero-order valence-electron chi connectivity index (χ0n) is 11.6. The van der Waals surface area contributed by atoms with Crippen LogP contribution in [-0.2, 0) is 0 Å². The van der Waals surface area contributed by atoms with Crippen molar-refractivity contribution < 1.29 is 21.5 Å². The van der Waals surface area contributed by atoms with Crippen molar-refractivity contribution in [1.29, 1.82) is 0 Å². The van der Waals surface area contributed by atoms with Crippen LogP contribution in [0.4, 0.5) is 5.69 Å². The van der Waals surface area contributed by atoms with E-state index in [-0.39, 0.29) is 32.6 Å². The van der Waals surface area contributed by atoms with E-state index >= 15 is 0 Å². The molecule has 102 valence electrons. The van der Waals surface area contributed by atoms with Gasteiger partial charge in [0.05, 0.1) is 0 Å². The van der Waals surface area contributed by atoms with E-state index in [1.54, 1.807) is 0 Å². The molecule has 3 heteroatoms. The van der Waals surface area contributed by atoms with Crippen LogP contribution in [0.25, 0.3) is 0 Å². The van der Waals surface area contributed by atoms with Gasteiger partial charge in [-0.1, -0.05) is 0 Å². The summed E-state index contributed by atoms with van der Waals surface area (Å²) >= 11 is -0.0181. The third-order valence-corrected chi connectivity index (χ3v) is 7.01. The number of halogens is 1. The van der Waals surface area contributed by atoms with Crippen molar-refractivity contribution in [3.05, 3.63) is 30.3 Å². The van der Waals surface area contributed by atoms with Crippen LogP contribution in [-0.4, -0.2) is 16.0 Å². The molecule has 1 aromatic rings. The Morgan fingerprint density at radius 1 is 1.11 bits per heavy atom. The number of nitrogens with zero attached hydrogens (tertiary/aromatic N) is 1. The van der Waals surface area contributed by atoms with E-state index in [9.17, 15) is 0 Å². The van der Waals surface area contributed by atoms with Crippen molar-refractivity contribution in [1.82, 2.24) is 0 Å². The fraction of sp³-hybridized carbons (Fsp3) is 0.600. The minimum atomic E-state index is -0.0865. The molecule has 18 heavy (non-hydrogen) atoms. The molecule has 1 aliphatic carbocycles. The Bertz CT molecular complexity index is 391. The summed E-state index contributed by atoms with van der Waals surface area (Å²) < 4.78 is 2.60. The van der Waals surface area contributed by atoms with Crippen LogP contribution in [0.1, 0.15) is 39.5 Å². The summed E-state index contributed by atoms with van der Waals surface area (Å²) in [6, 6.07) is 10.8. The predicted octanol–water partition coefficient (Wildman–Crippen LogP) is 0.177. The summed E-state index contributed by atoms with van der Waals surface area (Å²) in [5.74, 6) is 0. The number of para-hydroxylation sites is 1. The maximum atomic E-state index is 6.65. The number of hydrogen-bond donors (Lipinski definition) is 1. The first kappa shape index (κ1) is 14.1. The van der Waals surface area contributed by atoms with Gasteiger partial charge in [0.1, 0.15) is 0 Å². The Kier molecular flexibility index (Phi) is 4.22. The molecule has 1 aromatic carbocycles. The quantitative estimate of drug-likeness (QED) is 0.474. The van der Waals surface area contributed by atoms with Gasteiger partial charge in [-0.3, -0.25) is 0 Å². The maximum absolute atomic E-state index is 6.65. The second kappa shape index (κ2) is 5.37. The van der Waals surface area contributed by atoms with Crippen molar-refractivity contribution in [3.8, 4) is 0 Å². The van der Waals surface area contributed by atoms with Crippen LogP contribution in [0.5, 0.6) is 0 Å². The molecule has 2 nitrogen and oxygen atoms in total. The third-order valence-electron chi connectivity index (χ3n) is 4.43. The fourth-order valence-electron chi connectivity index (χ4n) is 2.97. The van der Waals surface area contributed by atoms with Gasteiger partial charge in [-0.2, -0.15) is 0 Å². The van der Waals surface area contributed by atoms with Gasteiger partial charge in [-0.15, -0.1) is 0 Å². The summed E-state index contributed by atoms with van der Waals surface area (Å²) in [6.07, 6.45) is 4.92. The Morgan fingerprint density at radius 3 is 2.28 bits per heavy atom. The molecule has 0 bridgehead atoms. The molecular formula is C15H24IN2-. The first-order chi connectivity index (χ1) is 8.51. The van der Waals surface area contributed by atoms with Gasteiger partial charge in [0, 0.05) is 0 Å². The van der Waals surface area contributed by atoms with Gasteiger partial charge in [0.2, 0.25) is 0 Å². The Hall–Kier alpha value is -0.290. The Labute approximate surface area is 122 Å². The first-order valence-corrected chi connectivity index (χ1v) is 9.77. The molecule has 0 radical (unpaired) electrons. The van der Waals surface area contributed by atoms with Crippen LogP contribution >= 0.6 is 0 Å². The Balaban J connectivity index is 2.37. The molecule has 2 N–H and O–H groups in total. The molecule has 2 unspecified atom stereocenters. The number of alkyl halides is 1. The number of nitrogens with two attached hydrogens (primary N) is 1. The van der Waals surface area contributed by atoms with E-state index in [1.165, 1.54) is 24.9 Å². The second-order valence-electron chi connectivity index (χ2n) is 5.68. The molecule has 2 rings (SSSR count). The van der Waals surface area contributed by atoms with Gasteiger partial charge in [-0.25, -0.2) is 0 Å². The molecule has 0 aliphatic heterocycles. The summed E-state index contributed by atoms with van der Waals surface area (Å²) in [5.41, 5.74) is 8.01. The molecule has 0 saturated heterocycles. The zero-order chi connectivity index (χ0) is 13.2.